The Bertz CT molecular complexity index is 829. The van der Waals surface area contributed by atoms with Crippen LogP contribution in [0.5, 0.6) is 0 Å². The van der Waals surface area contributed by atoms with E-state index in [4.69, 9.17) is 4.74 Å². The lowest BCUT2D eigenvalue weighted by molar-refractivity contribution is -0.137. The lowest BCUT2D eigenvalue weighted by Crippen LogP contribution is -2.14. The zero-order valence-electron chi connectivity index (χ0n) is 14.4. The van der Waals surface area contributed by atoms with Gasteiger partial charge in [-0.3, -0.25) is 4.79 Å². The first-order valence-corrected chi connectivity index (χ1v) is 8.58. The van der Waals surface area contributed by atoms with Gasteiger partial charge in [0.25, 0.3) is 0 Å². The highest BCUT2D eigenvalue weighted by atomic mass is 19.1. The molecule has 0 radical (unpaired) electrons. The van der Waals surface area contributed by atoms with E-state index < -0.39 is 5.97 Å². The number of hydrogen-bond donors (Lipinski definition) is 1. The molecule has 1 aliphatic carbocycles. The Morgan fingerprint density at radius 3 is 2.62 bits per heavy atom. The Hall–Kier alpha value is -2.95. The number of benzene rings is 2. The Balaban J connectivity index is 1.56. The van der Waals surface area contributed by atoms with Gasteiger partial charge in [0.2, 0.25) is 5.91 Å². The Morgan fingerprint density at radius 2 is 1.92 bits per heavy atom. The molecule has 0 bridgehead atoms. The highest BCUT2D eigenvalue weighted by Gasteiger charge is 2.45. The fourth-order valence-corrected chi connectivity index (χ4v) is 2.87. The zero-order chi connectivity index (χ0) is 18.5. The van der Waals surface area contributed by atoms with Crippen molar-refractivity contribution in [2.24, 2.45) is 5.92 Å². The first-order chi connectivity index (χ1) is 12.6. The van der Waals surface area contributed by atoms with Crippen LogP contribution in [-0.4, -0.2) is 18.5 Å². The molecule has 2 aromatic carbocycles. The third kappa shape index (κ3) is 4.36. The van der Waals surface area contributed by atoms with Gasteiger partial charge < -0.3 is 10.1 Å². The van der Waals surface area contributed by atoms with Crippen LogP contribution in [0, 0.1) is 11.7 Å². The summed E-state index contributed by atoms with van der Waals surface area (Å²) in [6.45, 7) is 2.09. The number of amides is 1. The van der Waals surface area contributed by atoms with Crippen LogP contribution in [-0.2, 0) is 14.3 Å². The summed E-state index contributed by atoms with van der Waals surface area (Å²) < 4.78 is 18.6. The molecule has 1 amide bonds. The van der Waals surface area contributed by atoms with Crippen LogP contribution in [0.25, 0.3) is 6.08 Å². The number of nitrogens with one attached hydrogen (secondary N) is 1. The molecule has 1 saturated carbocycles. The van der Waals surface area contributed by atoms with Crippen LogP contribution in [0.2, 0.25) is 0 Å². The summed E-state index contributed by atoms with van der Waals surface area (Å²) >= 11 is 0. The molecular formula is C21H20FNO3. The maximum atomic E-state index is 13.8. The van der Waals surface area contributed by atoms with Crippen molar-refractivity contribution in [2.45, 2.75) is 19.3 Å². The van der Waals surface area contributed by atoms with Gasteiger partial charge in [-0.05, 0) is 54.7 Å². The normalized spacial score (nSPS) is 18.5. The lowest BCUT2D eigenvalue weighted by Gasteiger charge is -2.06. The fourth-order valence-electron chi connectivity index (χ4n) is 2.87. The van der Waals surface area contributed by atoms with Crippen LogP contribution in [0.15, 0.2) is 54.6 Å². The Morgan fingerprint density at radius 1 is 1.19 bits per heavy atom. The average molecular weight is 353 g/mol. The molecule has 0 saturated heterocycles. The van der Waals surface area contributed by atoms with E-state index in [1.165, 1.54) is 12.1 Å². The molecular weight excluding hydrogens is 333 g/mol. The standard InChI is InChI=1S/C21H20FNO3/c1-2-26-20(24)12-9-14-7-10-15(11-8-14)23-21(25)18-13-17(18)16-5-3-4-6-19(16)22/h3-12,17-18H,2,13H2,1H3,(H,23,25)/b12-9+. The van der Waals surface area contributed by atoms with E-state index in [9.17, 15) is 14.0 Å². The van der Waals surface area contributed by atoms with E-state index in [2.05, 4.69) is 5.32 Å². The molecule has 0 aromatic heterocycles. The zero-order valence-corrected chi connectivity index (χ0v) is 14.4. The minimum Gasteiger partial charge on any atom is -0.463 e. The number of carbonyl (C=O) groups excluding carboxylic acids is 2. The monoisotopic (exact) mass is 353 g/mol. The number of ether oxygens (including phenoxy) is 1. The van der Waals surface area contributed by atoms with Gasteiger partial charge in [-0.15, -0.1) is 0 Å². The molecule has 0 aliphatic heterocycles. The molecule has 1 aliphatic rings. The summed E-state index contributed by atoms with van der Waals surface area (Å²) in [5.74, 6) is -1.00. The predicted octanol–water partition coefficient (Wildman–Crippen LogP) is 4.14. The number of hydrogen-bond acceptors (Lipinski definition) is 3. The minimum atomic E-state index is -0.391. The number of carbonyl (C=O) groups is 2. The van der Waals surface area contributed by atoms with Crippen LogP contribution in [0.4, 0.5) is 10.1 Å². The van der Waals surface area contributed by atoms with Crippen molar-refractivity contribution < 1.29 is 18.7 Å². The predicted molar refractivity (Wildman–Crippen MR) is 98.0 cm³/mol. The number of anilines is 1. The number of rotatable bonds is 6. The van der Waals surface area contributed by atoms with Crippen molar-refractivity contribution in [3.05, 3.63) is 71.6 Å². The van der Waals surface area contributed by atoms with Gasteiger partial charge in [0.05, 0.1) is 6.61 Å². The molecule has 0 heterocycles. The second kappa shape index (κ2) is 7.95. The summed E-state index contributed by atoms with van der Waals surface area (Å²) in [5, 5.41) is 2.86. The van der Waals surface area contributed by atoms with Gasteiger partial charge in [-0.2, -0.15) is 0 Å². The number of halogens is 1. The van der Waals surface area contributed by atoms with Gasteiger partial charge in [0.1, 0.15) is 5.82 Å². The van der Waals surface area contributed by atoms with Crippen molar-refractivity contribution in [2.75, 3.05) is 11.9 Å². The second-order valence-electron chi connectivity index (χ2n) is 6.17. The molecule has 26 heavy (non-hydrogen) atoms. The molecule has 0 spiro atoms. The maximum Gasteiger partial charge on any atom is 0.330 e. The summed E-state index contributed by atoms with van der Waals surface area (Å²) in [6, 6.07) is 13.7. The van der Waals surface area contributed by atoms with Crippen LogP contribution in [0.3, 0.4) is 0 Å². The molecule has 3 rings (SSSR count). The molecule has 5 heteroatoms. The first kappa shape index (κ1) is 17.9. The third-order valence-corrected chi connectivity index (χ3v) is 4.31. The molecule has 1 N–H and O–H groups in total. The van der Waals surface area contributed by atoms with Crippen molar-refractivity contribution in [3.63, 3.8) is 0 Å². The average Bonchev–Trinajstić information content (AvgIpc) is 3.42. The van der Waals surface area contributed by atoms with Crippen molar-refractivity contribution in [1.82, 2.24) is 0 Å². The molecule has 2 atom stereocenters. The third-order valence-electron chi connectivity index (χ3n) is 4.31. The van der Waals surface area contributed by atoms with Gasteiger partial charge in [0.15, 0.2) is 0 Å². The summed E-state index contributed by atoms with van der Waals surface area (Å²) in [7, 11) is 0. The summed E-state index contributed by atoms with van der Waals surface area (Å²) in [5.41, 5.74) is 2.10. The molecule has 4 nitrogen and oxygen atoms in total. The first-order valence-electron chi connectivity index (χ1n) is 8.58. The number of esters is 1. The van der Waals surface area contributed by atoms with Gasteiger partial charge in [-0.1, -0.05) is 30.3 Å². The Kier molecular flexibility index (Phi) is 5.46. The molecule has 2 unspecified atom stereocenters. The topological polar surface area (TPSA) is 55.4 Å². The van der Waals surface area contributed by atoms with E-state index in [0.29, 0.717) is 24.3 Å². The highest BCUT2D eigenvalue weighted by molar-refractivity contribution is 5.95. The largest absolute Gasteiger partial charge is 0.463 e. The maximum absolute atomic E-state index is 13.8. The molecule has 2 aromatic rings. The fraction of sp³-hybridized carbons (Fsp3) is 0.238. The van der Waals surface area contributed by atoms with Gasteiger partial charge >= 0.3 is 5.97 Å². The van der Waals surface area contributed by atoms with Crippen LogP contribution < -0.4 is 5.32 Å². The van der Waals surface area contributed by atoms with Crippen molar-refractivity contribution >= 4 is 23.6 Å². The van der Waals surface area contributed by atoms with Crippen LogP contribution >= 0.6 is 0 Å². The smallest absolute Gasteiger partial charge is 0.330 e. The SMILES string of the molecule is CCOC(=O)/C=C/c1ccc(NC(=O)C2CC2c2ccccc2F)cc1. The molecule has 1 fully saturated rings. The highest BCUT2D eigenvalue weighted by Crippen LogP contribution is 2.48. The lowest BCUT2D eigenvalue weighted by atomic mass is 10.1. The summed E-state index contributed by atoms with van der Waals surface area (Å²) in [4.78, 5) is 23.6. The quantitative estimate of drug-likeness (QED) is 0.627. The van der Waals surface area contributed by atoms with Crippen molar-refractivity contribution in [1.29, 1.82) is 0 Å². The van der Waals surface area contributed by atoms with Gasteiger partial charge in [0, 0.05) is 17.7 Å². The minimum absolute atomic E-state index is 0.0528. The van der Waals surface area contributed by atoms with E-state index in [-0.39, 0.29) is 23.6 Å². The molecule has 134 valence electrons. The van der Waals surface area contributed by atoms with E-state index >= 15 is 0 Å². The second-order valence-corrected chi connectivity index (χ2v) is 6.17. The van der Waals surface area contributed by atoms with Crippen LogP contribution in [0.1, 0.15) is 30.4 Å². The summed E-state index contributed by atoms with van der Waals surface area (Å²) in [6.07, 6.45) is 3.67. The van der Waals surface area contributed by atoms with E-state index in [1.54, 1.807) is 55.5 Å². The Labute approximate surface area is 151 Å². The van der Waals surface area contributed by atoms with E-state index in [0.717, 1.165) is 5.56 Å². The van der Waals surface area contributed by atoms with E-state index in [1.807, 2.05) is 0 Å². The van der Waals surface area contributed by atoms with Crippen molar-refractivity contribution in [3.8, 4) is 0 Å². The van der Waals surface area contributed by atoms with Gasteiger partial charge in [-0.25, -0.2) is 9.18 Å².